The third-order valence-electron chi connectivity index (χ3n) is 4.84. The molecule has 3 rings (SSSR count). The Morgan fingerprint density at radius 3 is 2.47 bits per heavy atom. The molecule has 0 saturated carbocycles. The highest BCUT2D eigenvalue weighted by atomic mass is 19.2. The van der Waals surface area contributed by atoms with E-state index in [1.54, 1.807) is 0 Å². The largest absolute Gasteiger partial charge is 0.481 e. The molecule has 0 aliphatic carbocycles. The van der Waals surface area contributed by atoms with Crippen LogP contribution in [0, 0.1) is 17.5 Å². The minimum Gasteiger partial charge on any atom is -0.481 e. The Kier molecular flexibility index (Phi) is 8.07. The van der Waals surface area contributed by atoms with Gasteiger partial charge in [-0.15, -0.1) is 0 Å². The number of nitrogens with zero attached hydrogens (tertiary/aromatic N) is 1. The van der Waals surface area contributed by atoms with Crippen LogP contribution in [0.4, 0.5) is 24.5 Å². The number of carbonyl (C=O) groups excluding carboxylic acids is 2. The van der Waals surface area contributed by atoms with Crippen molar-refractivity contribution in [1.82, 2.24) is 4.90 Å². The second-order valence-corrected chi connectivity index (χ2v) is 7.27. The predicted octanol–water partition coefficient (Wildman–Crippen LogP) is 3.17. The predicted molar refractivity (Wildman–Crippen MR) is 112 cm³/mol. The Bertz CT molecular complexity index is 967. The summed E-state index contributed by atoms with van der Waals surface area (Å²) in [6.45, 7) is 4.69. The zero-order valence-electron chi connectivity index (χ0n) is 17.5. The van der Waals surface area contributed by atoms with E-state index in [9.17, 15) is 22.8 Å². The highest BCUT2D eigenvalue weighted by Crippen LogP contribution is 2.21. The topological polar surface area (TPSA) is 79.9 Å². The van der Waals surface area contributed by atoms with Gasteiger partial charge in [0.1, 0.15) is 11.6 Å². The maximum atomic E-state index is 14.1. The number of ether oxygens (including phenoxy) is 2. The van der Waals surface area contributed by atoms with Crippen molar-refractivity contribution in [3.8, 4) is 5.75 Å². The van der Waals surface area contributed by atoms with Crippen LogP contribution >= 0.6 is 0 Å². The monoisotopic (exact) mass is 451 g/mol. The molecule has 10 heteroatoms. The minimum atomic E-state index is -1.09. The van der Waals surface area contributed by atoms with Gasteiger partial charge in [-0.1, -0.05) is 0 Å². The summed E-state index contributed by atoms with van der Waals surface area (Å²) in [5, 5.41) is 5.05. The van der Waals surface area contributed by atoms with Gasteiger partial charge in [0, 0.05) is 37.8 Å². The van der Waals surface area contributed by atoms with Crippen LogP contribution in [0.2, 0.25) is 0 Å². The molecule has 2 N–H and O–H groups in total. The maximum Gasteiger partial charge on any atom is 0.265 e. The van der Waals surface area contributed by atoms with E-state index in [1.807, 2.05) is 0 Å². The first-order valence-corrected chi connectivity index (χ1v) is 10.1. The van der Waals surface area contributed by atoms with Gasteiger partial charge in [-0.3, -0.25) is 14.5 Å². The van der Waals surface area contributed by atoms with Crippen LogP contribution < -0.4 is 15.4 Å². The highest BCUT2D eigenvalue weighted by molar-refractivity contribution is 5.96. The Balaban J connectivity index is 1.54. The zero-order valence-corrected chi connectivity index (χ0v) is 17.5. The number of hydrogen-bond donors (Lipinski definition) is 2. The summed E-state index contributed by atoms with van der Waals surface area (Å²) in [4.78, 5) is 26.7. The van der Waals surface area contributed by atoms with Crippen LogP contribution in [0.25, 0.3) is 0 Å². The van der Waals surface area contributed by atoms with Crippen molar-refractivity contribution >= 4 is 23.2 Å². The van der Waals surface area contributed by atoms with E-state index >= 15 is 0 Å². The molecule has 2 aromatic rings. The summed E-state index contributed by atoms with van der Waals surface area (Å²) in [5.74, 6) is -3.73. The van der Waals surface area contributed by atoms with Crippen LogP contribution in [-0.2, 0) is 14.3 Å². The van der Waals surface area contributed by atoms with Gasteiger partial charge in [-0.05, 0) is 37.3 Å². The van der Waals surface area contributed by atoms with Crippen LogP contribution in [0.15, 0.2) is 36.4 Å². The van der Waals surface area contributed by atoms with Gasteiger partial charge in [0.15, 0.2) is 17.7 Å². The lowest BCUT2D eigenvalue weighted by Gasteiger charge is -2.26. The lowest BCUT2D eigenvalue weighted by Crippen LogP contribution is -2.38. The van der Waals surface area contributed by atoms with Gasteiger partial charge in [-0.2, -0.15) is 0 Å². The number of morpholine rings is 1. The first-order chi connectivity index (χ1) is 15.3. The van der Waals surface area contributed by atoms with Gasteiger partial charge in [-0.25, -0.2) is 13.2 Å². The van der Waals surface area contributed by atoms with Crippen LogP contribution in [0.5, 0.6) is 5.75 Å². The van der Waals surface area contributed by atoms with Crippen molar-refractivity contribution in [1.29, 1.82) is 0 Å². The third-order valence-corrected chi connectivity index (χ3v) is 4.84. The van der Waals surface area contributed by atoms with Crippen molar-refractivity contribution in [3.63, 3.8) is 0 Å². The number of nitrogens with one attached hydrogen (secondary N) is 2. The Labute approximate surface area is 183 Å². The van der Waals surface area contributed by atoms with Crippen LogP contribution in [0.3, 0.4) is 0 Å². The van der Waals surface area contributed by atoms with Gasteiger partial charge in [0.25, 0.3) is 5.91 Å². The summed E-state index contributed by atoms with van der Waals surface area (Å²) in [6, 6.07) is 6.68. The Hall–Kier alpha value is -3.11. The first kappa shape index (κ1) is 23.6. The fraction of sp³-hybridized carbons (Fsp3) is 0.364. The van der Waals surface area contributed by atoms with E-state index in [4.69, 9.17) is 9.47 Å². The molecule has 1 saturated heterocycles. The number of carbonyl (C=O) groups is 2. The van der Waals surface area contributed by atoms with E-state index in [1.165, 1.54) is 25.1 Å². The number of anilines is 2. The molecule has 0 spiro atoms. The van der Waals surface area contributed by atoms with Gasteiger partial charge < -0.3 is 20.1 Å². The molecule has 1 aliphatic heterocycles. The van der Waals surface area contributed by atoms with E-state index in [2.05, 4.69) is 15.5 Å². The lowest BCUT2D eigenvalue weighted by molar-refractivity contribution is -0.122. The minimum absolute atomic E-state index is 0.0149. The SMILES string of the molecule is CC(Oc1ccc(F)c(F)c1)C(=O)Nc1ccc(F)c(NC(=O)CCN2CCOCC2)c1. The van der Waals surface area contributed by atoms with Crippen molar-refractivity contribution < 1.29 is 32.2 Å². The third kappa shape index (κ3) is 6.69. The fourth-order valence-electron chi connectivity index (χ4n) is 3.05. The summed E-state index contributed by atoms with van der Waals surface area (Å²) < 4.78 is 51.0. The van der Waals surface area contributed by atoms with Gasteiger partial charge >= 0.3 is 0 Å². The number of rotatable bonds is 8. The summed E-state index contributed by atoms with van der Waals surface area (Å²) in [5.41, 5.74) is 0.171. The van der Waals surface area contributed by atoms with E-state index < -0.39 is 29.5 Å². The second kappa shape index (κ2) is 11.0. The molecule has 32 heavy (non-hydrogen) atoms. The summed E-state index contributed by atoms with van der Waals surface area (Å²) in [6.07, 6.45) is -0.855. The highest BCUT2D eigenvalue weighted by Gasteiger charge is 2.18. The van der Waals surface area contributed by atoms with Crippen LogP contribution in [-0.4, -0.2) is 55.7 Å². The molecule has 1 aliphatic rings. The van der Waals surface area contributed by atoms with Crippen LogP contribution in [0.1, 0.15) is 13.3 Å². The average molecular weight is 451 g/mol. The van der Waals surface area contributed by atoms with E-state index in [0.29, 0.717) is 19.8 Å². The molecule has 0 aromatic heterocycles. The lowest BCUT2D eigenvalue weighted by atomic mass is 10.2. The molecule has 2 amide bonds. The van der Waals surface area contributed by atoms with Crippen molar-refractivity contribution in [2.75, 3.05) is 43.5 Å². The van der Waals surface area contributed by atoms with E-state index in [-0.39, 0.29) is 29.5 Å². The smallest absolute Gasteiger partial charge is 0.265 e. The molecular weight excluding hydrogens is 427 g/mol. The van der Waals surface area contributed by atoms with Crippen molar-refractivity contribution in [3.05, 3.63) is 53.8 Å². The number of halogens is 3. The fourth-order valence-corrected chi connectivity index (χ4v) is 3.05. The normalized spacial score (nSPS) is 15.1. The molecule has 172 valence electrons. The second-order valence-electron chi connectivity index (χ2n) is 7.27. The zero-order chi connectivity index (χ0) is 23.1. The van der Waals surface area contributed by atoms with Crippen molar-refractivity contribution in [2.45, 2.75) is 19.4 Å². The van der Waals surface area contributed by atoms with Gasteiger partial charge in [0.2, 0.25) is 5.91 Å². The molecule has 0 radical (unpaired) electrons. The first-order valence-electron chi connectivity index (χ1n) is 10.1. The number of hydrogen-bond acceptors (Lipinski definition) is 5. The average Bonchev–Trinajstić information content (AvgIpc) is 2.78. The van der Waals surface area contributed by atoms with Crippen molar-refractivity contribution in [2.24, 2.45) is 0 Å². The maximum absolute atomic E-state index is 14.1. The van der Waals surface area contributed by atoms with Gasteiger partial charge in [0.05, 0.1) is 18.9 Å². The Morgan fingerprint density at radius 1 is 1.03 bits per heavy atom. The molecule has 1 fully saturated rings. The molecular formula is C22H24F3N3O4. The summed E-state index contributed by atoms with van der Waals surface area (Å²) in [7, 11) is 0. The standard InChI is InChI=1S/C22H24F3N3O4/c1-14(32-16-3-5-17(23)19(25)13-16)22(30)26-15-2-4-18(24)20(12-15)27-21(29)6-7-28-8-10-31-11-9-28/h2-5,12-14H,6-11H2,1H3,(H,26,30)(H,27,29). The molecule has 1 atom stereocenters. The number of amides is 2. The Morgan fingerprint density at radius 2 is 1.75 bits per heavy atom. The molecule has 2 aromatic carbocycles. The molecule has 1 heterocycles. The summed E-state index contributed by atoms with van der Waals surface area (Å²) >= 11 is 0. The number of benzene rings is 2. The molecule has 0 bridgehead atoms. The molecule has 7 nitrogen and oxygen atoms in total. The van der Waals surface area contributed by atoms with E-state index in [0.717, 1.165) is 31.3 Å². The quantitative estimate of drug-likeness (QED) is 0.645. The molecule has 1 unspecified atom stereocenters.